The van der Waals surface area contributed by atoms with Gasteiger partial charge in [0.05, 0.1) is 0 Å². The monoisotopic (exact) mass is 244 g/mol. The molecule has 0 heterocycles. The van der Waals surface area contributed by atoms with Crippen molar-refractivity contribution in [3.05, 3.63) is 28.8 Å². The second-order valence-corrected chi connectivity index (χ2v) is 6.24. The Morgan fingerprint density at radius 1 is 1.11 bits per heavy atom. The number of benzene rings is 1. The third-order valence-corrected chi connectivity index (χ3v) is 4.81. The largest absolute Gasteiger partial charge is 0.399 e. The first kappa shape index (κ1) is 12.0. The minimum absolute atomic E-state index is 0.682. The van der Waals surface area contributed by atoms with Crippen molar-refractivity contribution in [2.45, 2.75) is 50.5 Å². The minimum atomic E-state index is 0.682. The van der Waals surface area contributed by atoms with E-state index in [9.17, 15) is 0 Å². The van der Waals surface area contributed by atoms with Crippen LogP contribution in [0.25, 0.3) is 0 Å². The van der Waals surface area contributed by atoms with Gasteiger partial charge >= 0.3 is 0 Å². The quantitative estimate of drug-likeness (QED) is 0.770. The van der Waals surface area contributed by atoms with Gasteiger partial charge in [-0.05, 0) is 87.4 Å². The number of hydrogen-bond acceptors (Lipinski definition) is 2. The number of aryl methyl sites for hydroxylation is 1. The zero-order chi connectivity index (χ0) is 12.7. The van der Waals surface area contributed by atoms with Crippen LogP contribution < -0.4 is 5.73 Å². The molecule has 1 aromatic rings. The standard InChI is InChI=1S/C16H24N2/c1-18(2)15-7-6-11-4-3-5-12-8-14(17)9-13(10-15)16(11)12/h8-9,11,15H,3-7,10,17H2,1-2H3. The lowest BCUT2D eigenvalue weighted by Crippen LogP contribution is -2.29. The summed E-state index contributed by atoms with van der Waals surface area (Å²) in [4.78, 5) is 2.38. The van der Waals surface area contributed by atoms with Crippen LogP contribution in [0.5, 0.6) is 0 Å². The molecule has 0 spiro atoms. The van der Waals surface area contributed by atoms with Crippen LogP contribution in [0.3, 0.4) is 0 Å². The molecule has 0 bridgehead atoms. The zero-order valence-electron chi connectivity index (χ0n) is 11.6. The lowest BCUT2D eigenvalue weighted by molar-refractivity contribution is 0.271. The van der Waals surface area contributed by atoms with Crippen LogP contribution >= 0.6 is 0 Å². The molecule has 0 radical (unpaired) electrons. The summed E-state index contributed by atoms with van der Waals surface area (Å²) in [6, 6.07) is 5.14. The van der Waals surface area contributed by atoms with Gasteiger partial charge in [0.25, 0.3) is 0 Å². The van der Waals surface area contributed by atoms with Crippen LogP contribution in [-0.4, -0.2) is 25.0 Å². The third kappa shape index (κ3) is 2.03. The molecule has 0 saturated carbocycles. The molecule has 0 amide bonds. The van der Waals surface area contributed by atoms with Gasteiger partial charge in [-0.15, -0.1) is 0 Å². The van der Waals surface area contributed by atoms with Crippen molar-refractivity contribution in [3.63, 3.8) is 0 Å². The molecule has 1 aromatic carbocycles. The van der Waals surface area contributed by atoms with Gasteiger partial charge in [0, 0.05) is 11.7 Å². The molecule has 0 fully saturated rings. The highest BCUT2D eigenvalue weighted by molar-refractivity contribution is 5.52. The van der Waals surface area contributed by atoms with E-state index in [1.807, 2.05) is 0 Å². The number of anilines is 1. The van der Waals surface area contributed by atoms with Crippen LogP contribution in [-0.2, 0) is 12.8 Å². The van der Waals surface area contributed by atoms with Crippen LogP contribution in [0.15, 0.2) is 12.1 Å². The van der Waals surface area contributed by atoms with Gasteiger partial charge in [0.15, 0.2) is 0 Å². The van der Waals surface area contributed by atoms with Crippen molar-refractivity contribution in [2.75, 3.05) is 19.8 Å². The van der Waals surface area contributed by atoms with Gasteiger partial charge < -0.3 is 10.6 Å². The second kappa shape index (κ2) is 4.58. The van der Waals surface area contributed by atoms with E-state index in [1.165, 1.54) is 44.1 Å². The summed E-state index contributed by atoms with van der Waals surface area (Å²) in [7, 11) is 4.41. The summed E-state index contributed by atoms with van der Waals surface area (Å²) >= 11 is 0. The number of likely N-dealkylation sites (N-methyl/N-ethyl adjacent to an activating group) is 1. The lowest BCUT2D eigenvalue weighted by Gasteiger charge is -2.26. The average Bonchev–Trinajstić information content (AvgIpc) is 2.50. The molecule has 0 aromatic heterocycles. The van der Waals surface area contributed by atoms with Gasteiger partial charge in [0.1, 0.15) is 0 Å². The Labute approximate surface area is 110 Å². The Bertz CT molecular complexity index is 451. The fraction of sp³-hybridized carbons (Fsp3) is 0.625. The van der Waals surface area contributed by atoms with Gasteiger partial charge in [-0.3, -0.25) is 0 Å². The maximum Gasteiger partial charge on any atom is 0.0319 e. The molecule has 2 nitrogen and oxygen atoms in total. The molecule has 2 unspecified atom stereocenters. The Morgan fingerprint density at radius 2 is 1.89 bits per heavy atom. The molecule has 2 N–H and O–H groups in total. The highest BCUT2D eigenvalue weighted by Gasteiger charge is 2.29. The second-order valence-electron chi connectivity index (χ2n) is 6.24. The van der Waals surface area contributed by atoms with E-state index < -0.39 is 0 Å². The van der Waals surface area contributed by atoms with Crippen LogP contribution in [0.4, 0.5) is 5.69 Å². The van der Waals surface area contributed by atoms with Crippen molar-refractivity contribution >= 4 is 5.69 Å². The van der Waals surface area contributed by atoms with E-state index >= 15 is 0 Å². The molecule has 98 valence electrons. The SMILES string of the molecule is CN(C)C1CCC2CCCc3cc(N)cc(c32)C1. The van der Waals surface area contributed by atoms with Gasteiger partial charge in [-0.25, -0.2) is 0 Å². The van der Waals surface area contributed by atoms with E-state index in [2.05, 4.69) is 31.1 Å². The number of nitrogens with two attached hydrogens (primary N) is 1. The highest BCUT2D eigenvalue weighted by Crippen LogP contribution is 2.41. The van der Waals surface area contributed by atoms with Crippen LogP contribution in [0.2, 0.25) is 0 Å². The van der Waals surface area contributed by atoms with E-state index in [4.69, 9.17) is 5.73 Å². The predicted octanol–water partition coefficient (Wildman–Crippen LogP) is 2.96. The molecule has 2 aliphatic carbocycles. The van der Waals surface area contributed by atoms with Crippen LogP contribution in [0, 0.1) is 0 Å². The first-order chi connectivity index (χ1) is 8.65. The third-order valence-electron chi connectivity index (χ3n) is 4.81. The minimum Gasteiger partial charge on any atom is -0.399 e. The maximum atomic E-state index is 6.09. The summed E-state index contributed by atoms with van der Waals surface area (Å²) in [5, 5.41) is 0. The van der Waals surface area contributed by atoms with Crippen molar-refractivity contribution in [2.24, 2.45) is 0 Å². The normalized spacial score (nSPS) is 26.8. The summed E-state index contributed by atoms with van der Waals surface area (Å²) in [5.41, 5.74) is 11.8. The smallest absolute Gasteiger partial charge is 0.0319 e. The molecular formula is C16H24N2. The number of nitrogen functional groups attached to an aromatic ring is 1. The Balaban J connectivity index is 2.05. The first-order valence-electron chi connectivity index (χ1n) is 7.22. The van der Waals surface area contributed by atoms with E-state index in [1.54, 1.807) is 11.1 Å². The molecule has 2 heteroatoms. The van der Waals surface area contributed by atoms with Crippen molar-refractivity contribution in [1.29, 1.82) is 0 Å². The lowest BCUT2D eigenvalue weighted by atomic mass is 9.79. The Morgan fingerprint density at radius 3 is 2.67 bits per heavy atom. The van der Waals surface area contributed by atoms with Crippen molar-refractivity contribution in [3.8, 4) is 0 Å². The molecular weight excluding hydrogens is 220 g/mol. The van der Waals surface area contributed by atoms with E-state index in [-0.39, 0.29) is 0 Å². The fourth-order valence-corrected chi connectivity index (χ4v) is 3.87. The molecule has 2 atom stereocenters. The van der Waals surface area contributed by atoms with Gasteiger partial charge in [-0.1, -0.05) is 0 Å². The average molecular weight is 244 g/mol. The molecule has 2 aliphatic rings. The first-order valence-corrected chi connectivity index (χ1v) is 7.22. The number of rotatable bonds is 1. The molecule has 3 rings (SSSR count). The maximum absolute atomic E-state index is 6.09. The zero-order valence-corrected chi connectivity index (χ0v) is 11.6. The van der Waals surface area contributed by atoms with E-state index in [0.29, 0.717) is 6.04 Å². The van der Waals surface area contributed by atoms with Gasteiger partial charge in [0.2, 0.25) is 0 Å². The summed E-state index contributed by atoms with van der Waals surface area (Å²) in [5.74, 6) is 0.800. The fourth-order valence-electron chi connectivity index (χ4n) is 3.87. The van der Waals surface area contributed by atoms with Crippen molar-refractivity contribution in [1.82, 2.24) is 4.90 Å². The summed E-state index contributed by atoms with van der Waals surface area (Å²) < 4.78 is 0. The molecule has 0 saturated heterocycles. The predicted molar refractivity (Wildman–Crippen MR) is 76.9 cm³/mol. The summed E-state index contributed by atoms with van der Waals surface area (Å²) in [6.07, 6.45) is 7.81. The Kier molecular flexibility index (Phi) is 3.06. The van der Waals surface area contributed by atoms with Crippen molar-refractivity contribution < 1.29 is 0 Å². The molecule has 0 aliphatic heterocycles. The Hall–Kier alpha value is -1.02. The topological polar surface area (TPSA) is 29.3 Å². The highest BCUT2D eigenvalue weighted by atomic mass is 15.1. The number of nitrogens with zero attached hydrogens (tertiary/aromatic N) is 1. The number of hydrogen-bond donors (Lipinski definition) is 1. The van der Waals surface area contributed by atoms with Crippen LogP contribution in [0.1, 0.15) is 48.3 Å². The van der Waals surface area contributed by atoms with E-state index in [0.717, 1.165) is 11.6 Å². The summed E-state index contributed by atoms with van der Waals surface area (Å²) in [6.45, 7) is 0. The molecule has 18 heavy (non-hydrogen) atoms. The van der Waals surface area contributed by atoms with Gasteiger partial charge in [-0.2, -0.15) is 0 Å².